The van der Waals surface area contributed by atoms with E-state index in [4.69, 9.17) is 9.97 Å². The van der Waals surface area contributed by atoms with Gasteiger partial charge in [-0.05, 0) is 94.4 Å². The summed E-state index contributed by atoms with van der Waals surface area (Å²) in [5, 5.41) is 7.20. The van der Waals surface area contributed by atoms with E-state index in [-0.39, 0.29) is 5.41 Å². The molecular weight excluding hydrogens is 693 g/mol. The Morgan fingerprint density at radius 3 is 2.07 bits per heavy atom. The Hall–Kier alpha value is -7.30. The summed E-state index contributed by atoms with van der Waals surface area (Å²) in [5.74, 6) is 0.716. The molecule has 8 aromatic carbocycles. The number of nitrogens with zero attached hydrogens (tertiary/aromatic N) is 4. The largest absolute Gasteiger partial charge is 0.316 e. The number of benzene rings is 8. The standard InChI is InChI=1S/C53H36N4/c1-53(2)45-18-10-8-16-40(45)41-26-23-36(31-46(41)53)50-43-17-9-11-19-47(43)54-52(55-50)34-20-24-38(25-21-34)57-49-32-48-35(28-29-56(48)37-13-4-3-5-14-37)30-44(49)42-27-22-33-12-6-7-15-39(33)51(42)57/h3-32H,1-2H3. The van der Waals surface area contributed by atoms with E-state index < -0.39 is 0 Å². The molecular formula is C53H36N4. The van der Waals surface area contributed by atoms with Crippen molar-refractivity contribution in [3.8, 4) is 45.1 Å². The summed E-state index contributed by atoms with van der Waals surface area (Å²) in [5.41, 5.74) is 15.0. The van der Waals surface area contributed by atoms with Crippen molar-refractivity contribution in [2.45, 2.75) is 19.3 Å². The van der Waals surface area contributed by atoms with Gasteiger partial charge < -0.3 is 9.13 Å². The van der Waals surface area contributed by atoms with Crippen LogP contribution < -0.4 is 0 Å². The van der Waals surface area contributed by atoms with Crippen LogP contribution in [0, 0.1) is 0 Å². The molecule has 0 spiro atoms. The van der Waals surface area contributed by atoms with Gasteiger partial charge in [0.25, 0.3) is 0 Å². The van der Waals surface area contributed by atoms with Crippen molar-refractivity contribution in [1.82, 2.24) is 19.1 Å². The Labute approximate surface area is 329 Å². The van der Waals surface area contributed by atoms with Crippen molar-refractivity contribution < 1.29 is 0 Å². The van der Waals surface area contributed by atoms with E-state index in [1.54, 1.807) is 0 Å². The Kier molecular flexibility index (Phi) is 6.65. The number of rotatable bonds is 4. The van der Waals surface area contributed by atoms with Gasteiger partial charge in [0.05, 0.1) is 27.8 Å². The van der Waals surface area contributed by atoms with E-state index in [1.807, 2.05) is 0 Å². The molecule has 0 atom stereocenters. The van der Waals surface area contributed by atoms with Gasteiger partial charge in [0.15, 0.2) is 5.82 Å². The zero-order valence-corrected chi connectivity index (χ0v) is 31.6. The highest BCUT2D eigenvalue weighted by Crippen LogP contribution is 2.50. The second-order valence-electron chi connectivity index (χ2n) is 15.9. The lowest BCUT2D eigenvalue weighted by Crippen LogP contribution is -2.14. The van der Waals surface area contributed by atoms with Crippen molar-refractivity contribution in [3.05, 3.63) is 193 Å². The Morgan fingerprint density at radius 1 is 0.456 bits per heavy atom. The highest BCUT2D eigenvalue weighted by atomic mass is 15.0. The molecule has 4 heteroatoms. The van der Waals surface area contributed by atoms with E-state index in [2.05, 4.69) is 205 Å². The second-order valence-corrected chi connectivity index (χ2v) is 15.9. The van der Waals surface area contributed by atoms with Crippen molar-refractivity contribution in [1.29, 1.82) is 0 Å². The first-order chi connectivity index (χ1) is 28.0. The number of aromatic nitrogens is 4. The van der Waals surface area contributed by atoms with Crippen molar-refractivity contribution in [2.75, 3.05) is 0 Å². The van der Waals surface area contributed by atoms with Crippen LogP contribution in [0.3, 0.4) is 0 Å². The zero-order chi connectivity index (χ0) is 37.8. The average Bonchev–Trinajstić information content (AvgIpc) is 3.90. The minimum absolute atomic E-state index is 0.0992. The SMILES string of the molecule is CC1(C)c2ccccc2-c2ccc(-c3nc(-c4ccc(-n5c6cc7c(ccn7-c7ccccc7)cc6c6ccc7ccccc7c65)cc4)nc4ccccc34)cc21. The predicted octanol–water partition coefficient (Wildman–Crippen LogP) is 13.5. The summed E-state index contributed by atoms with van der Waals surface area (Å²) in [4.78, 5) is 10.5. The third-order valence-electron chi connectivity index (χ3n) is 12.3. The highest BCUT2D eigenvalue weighted by molar-refractivity contribution is 6.20. The monoisotopic (exact) mass is 728 g/mol. The summed E-state index contributed by atoms with van der Waals surface area (Å²) < 4.78 is 4.73. The van der Waals surface area contributed by atoms with Gasteiger partial charge in [0.2, 0.25) is 0 Å². The molecule has 0 bridgehead atoms. The van der Waals surface area contributed by atoms with E-state index in [0.717, 1.165) is 39.1 Å². The minimum Gasteiger partial charge on any atom is -0.316 e. The fourth-order valence-corrected chi connectivity index (χ4v) is 9.52. The minimum atomic E-state index is -0.0992. The van der Waals surface area contributed by atoms with Crippen molar-refractivity contribution in [2.24, 2.45) is 0 Å². The number of fused-ring (bicyclic) bond motifs is 10. The number of hydrogen-bond acceptors (Lipinski definition) is 2. The first-order valence-corrected chi connectivity index (χ1v) is 19.7. The summed E-state index contributed by atoms with van der Waals surface area (Å²) in [6.45, 7) is 4.66. The van der Waals surface area contributed by atoms with E-state index >= 15 is 0 Å². The molecule has 0 N–H and O–H groups in total. The van der Waals surface area contributed by atoms with E-state index in [0.29, 0.717) is 5.82 Å². The highest BCUT2D eigenvalue weighted by Gasteiger charge is 2.35. The molecule has 3 heterocycles. The number of para-hydroxylation sites is 2. The van der Waals surface area contributed by atoms with Crippen LogP contribution in [0.5, 0.6) is 0 Å². The summed E-state index contributed by atoms with van der Waals surface area (Å²) in [6, 6.07) is 63.6. The fourth-order valence-electron chi connectivity index (χ4n) is 9.52. The summed E-state index contributed by atoms with van der Waals surface area (Å²) in [7, 11) is 0. The van der Waals surface area contributed by atoms with Gasteiger partial charge in [-0.2, -0.15) is 0 Å². The molecule has 11 aromatic rings. The third kappa shape index (κ3) is 4.68. The van der Waals surface area contributed by atoms with Gasteiger partial charge in [-0.15, -0.1) is 0 Å². The molecule has 0 radical (unpaired) electrons. The fraction of sp³-hybridized carbons (Fsp3) is 0.0566. The van der Waals surface area contributed by atoms with Crippen molar-refractivity contribution in [3.63, 3.8) is 0 Å². The molecule has 0 saturated heterocycles. The molecule has 12 rings (SSSR count). The molecule has 4 nitrogen and oxygen atoms in total. The maximum atomic E-state index is 5.34. The van der Waals surface area contributed by atoms with Gasteiger partial charge in [-0.3, -0.25) is 0 Å². The van der Waals surface area contributed by atoms with Gasteiger partial charge in [-0.1, -0.05) is 123 Å². The van der Waals surface area contributed by atoms with E-state index in [9.17, 15) is 0 Å². The molecule has 0 amide bonds. The number of hydrogen-bond donors (Lipinski definition) is 0. The van der Waals surface area contributed by atoms with Crippen LogP contribution in [0.15, 0.2) is 182 Å². The molecule has 268 valence electrons. The van der Waals surface area contributed by atoms with Crippen LogP contribution in [-0.2, 0) is 5.41 Å². The lowest BCUT2D eigenvalue weighted by Gasteiger charge is -2.22. The predicted molar refractivity (Wildman–Crippen MR) is 237 cm³/mol. The maximum Gasteiger partial charge on any atom is 0.160 e. The van der Waals surface area contributed by atoms with Gasteiger partial charge in [0, 0.05) is 61.0 Å². The summed E-state index contributed by atoms with van der Waals surface area (Å²) >= 11 is 0. The lowest BCUT2D eigenvalue weighted by molar-refractivity contribution is 0.660. The molecule has 0 saturated carbocycles. The van der Waals surface area contributed by atoms with Crippen molar-refractivity contribution >= 4 is 54.4 Å². The molecule has 1 aliphatic rings. The van der Waals surface area contributed by atoms with Gasteiger partial charge >= 0.3 is 0 Å². The van der Waals surface area contributed by atoms with Crippen LogP contribution in [0.25, 0.3) is 99.5 Å². The topological polar surface area (TPSA) is 35.6 Å². The normalized spacial score (nSPS) is 13.2. The quantitative estimate of drug-likeness (QED) is 0.181. The maximum absolute atomic E-state index is 5.34. The van der Waals surface area contributed by atoms with Gasteiger partial charge in [0.1, 0.15) is 0 Å². The second kappa shape index (κ2) is 11.8. The zero-order valence-electron chi connectivity index (χ0n) is 31.6. The molecule has 0 aliphatic heterocycles. The van der Waals surface area contributed by atoms with E-state index in [1.165, 1.54) is 65.7 Å². The Morgan fingerprint density at radius 2 is 1.19 bits per heavy atom. The van der Waals surface area contributed by atoms with Crippen LogP contribution in [0.1, 0.15) is 25.0 Å². The summed E-state index contributed by atoms with van der Waals surface area (Å²) in [6.07, 6.45) is 2.18. The average molecular weight is 729 g/mol. The lowest BCUT2D eigenvalue weighted by atomic mass is 9.82. The Bertz CT molecular complexity index is 3420. The molecule has 0 fully saturated rings. The molecule has 57 heavy (non-hydrogen) atoms. The van der Waals surface area contributed by atoms with Gasteiger partial charge in [-0.25, -0.2) is 9.97 Å². The molecule has 3 aromatic heterocycles. The van der Waals surface area contributed by atoms with Crippen LogP contribution in [0.2, 0.25) is 0 Å². The van der Waals surface area contributed by atoms with Crippen LogP contribution >= 0.6 is 0 Å². The molecule has 0 unspecified atom stereocenters. The first kappa shape index (κ1) is 32.0. The van der Waals surface area contributed by atoms with Crippen LogP contribution in [-0.4, -0.2) is 19.1 Å². The molecule has 1 aliphatic carbocycles. The first-order valence-electron chi connectivity index (χ1n) is 19.7. The van der Waals surface area contributed by atoms with Crippen LogP contribution in [0.4, 0.5) is 0 Å². The third-order valence-corrected chi connectivity index (χ3v) is 12.3. The smallest absolute Gasteiger partial charge is 0.160 e. The Balaban J connectivity index is 1.03.